The van der Waals surface area contributed by atoms with Crippen molar-refractivity contribution in [2.75, 3.05) is 33.2 Å². The maximum absolute atomic E-state index is 12.1. The standard InChI is InChI=1S/C18H27Cl2N5O3.HI/c1-18(2,3)28-17(27)25-10-9-24-16(21-4)23-8-7-22-15(26)12-5-6-13(19)14(20)11-12;/h5-6,11H,7-10H2,1-4H3,(H,22,26)(H,25,27)(H2,21,23,24);1H. The summed E-state index contributed by atoms with van der Waals surface area (Å²) in [5.41, 5.74) is -0.0956. The molecule has 8 nitrogen and oxygen atoms in total. The summed E-state index contributed by atoms with van der Waals surface area (Å²) in [6.07, 6.45) is -0.470. The van der Waals surface area contributed by atoms with Gasteiger partial charge in [0.15, 0.2) is 5.96 Å². The van der Waals surface area contributed by atoms with Crippen LogP contribution in [0.1, 0.15) is 31.1 Å². The number of aliphatic imine (C=N–C) groups is 1. The van der Waals surface area contributed by atoms with Gasteiger partial charge in [0.1, 0.15) is 5.60 Å². The average Bonchev–Trinajstić information content (AvgIpc) is 2.60. The highest BCUT2D eigenvalue weighted by Gasteiger charge is 2.15. The van der Waals surface area contributed by atoms with Crippen LogP contribution in [0.3, 0.4) is 0 Å². The number of halogens is 3. The molecule has 0 atom stereocenters. The summed E-state index contributed by atoms with van der Waals surface area (Å²) in [6.45, 7) is 7.10. The number of rotatable bonds is 7. The van der Waals surface area contributed by atoms with E-state index >= 15 is 0 Å². The van der Waals surface area contributed by atoms with Crippen LogP contribution in [0, 0.1) is 0 Å². The fourth-order valence-corrected chi connectivity index (χ4v) is 2.27. The summed E-state index contributed by atoms with van der Waals surface area (Å²) >= 11 is 11.7. The Bertz CT molecular complexity index is 711. The van der Waals surface area contributed by atoms with Crippen LogP contribution in [-0.2, 0) is 4.74 Å². The Morgan fingerprint density at radius 1 is 0.966 bits per heavy atom. The molecule has 11 heteroatoms. The Hall–Kier alpha value is -1.46. The van der Waals surface area contributed by atoms with Gasteiger partial charge in [-0.1, -0.05) is 23.2 Å². The summed E-state index contributed by atoms with van der Waals surface area (Å²) in [5.74, 6) is 0.305. The van der Waals surface area contributed by atoms with E-state index in [1.165, 1.54) is 6.07 Å². The monoisotopic (exact) mass is 559 g/mol. The van der Waals surface area contributed by atoms with Gasteiger partial charge >= 0.3 is 6.09 Å². The molecule has 1 aromatic carbocycles. The summed E-state index contributed by atoms with van der Waals surface area (Å²) in [6, 6.07) is 4.70. The van der Waals surface area contributed by atoms with Crippen molar-refractivity contribution < 1.29 is 14.3 Å². The number of carbonyl (C=O) groups excluding carboxylic acids is 2. The number of hydrogen-bond donors (Lipinski definition) is 4. The lowest BCUT2D eigenvalue weighted by atomic mass is 10.2. The normalized spacial score (nSPS) is 11.2. The quantitative estimate of drug-likeness (QED) is 0.178. The topological polar surface area (TPSA) is 104 Å². The molecule has 1 aromatic rings. The molecule has 29 heavy (non-hydrogen) atoms. The molecule has 0 heterocycles. The molecule has 0 aliphatic carbocycles. The summed E-state index contributed by atoms with van der Waals surface area (Å²) in [4.78, 5) is 27.7. The fraction of sp³-hybridized carbons (Fsp3) is 0.500. The molecule has 0 saturated heterocycles. The average molecular weight is 560 g/mol. The van der Waals surface area contributed by atoms with E-state index in [4.69, 9.17) is 27.9 Å². The molecule has 164 valence electrons. The molecule has 0 saturated carbocycles. The third-order valence-electron chi connectivity index (χ3n) is 3.19. The predicted molar refractivity (Wildman–Crippen MR) is 128 cm³/mol. The van der Waals surface area contributed by atoms with Crippen LogP contribution in [-0.4, -0.2) is 56.8 Å². The van der Waals surface area contributed by atoms with Crippen molar-refractivity contribution in [3.63, 3.8) is 0 Å². The zero-order valence-corrected chi connectivity index (χ0v) is 20.7. The second-order valence-electron chi connectivity index (χ2n) is 6.74. The fourth-order valence-electron chi connectivity index (χ4n) is 1.98. The number of alkyl carbamates (subject to hydrolysis) is 1. The third kappa shape index (κ3) is 12.0. The van der Waals surface area contributed by atoms with Gasteiger partial charge < -0.3 is 26.0 Å². The first-order valence-electron chi connectivity index (χ1n) is 8.77. The number of hydrogen-bond acceptors (Lipinski definition) is 4. The van der Waals surface area contributed by atoms with Gasteiger partial charge in [-0.3, -0.25) is 9.79 Å². The number of ether oxygens (including phenoxy) is 1. The van der Waals surface area contributed by atoms with Crippen molar-refractivity contribution in [2.45, 2.75) is 26.4 Å². The molecule has 0 aromatic heterocycles. The van der Waals surface area contributed by atoms with Crippen molar-refractivity contribution in [3.05, 3.63) is 33.8 Å². The first-order chi connectivity index (χ1) is 13.1. The third-order valence-corrected chi connectivity index (χ3v) is 3.93. The number of guanidine groups is 1. The first-order valence-corrected chi connectivity index (χ1v) is 9.52. The zero-order valence-electron chi connectivity index (χ0n) is 16.9. The Morgan fingerprint density at radius 3 is 2.03 bits per heavy atom. The minimum atomic E-state index is -0.531. The lowest BCUT2D eigenvalue weighted by Gasteiger charge is -2.20. The van der Waals surface area contributed by atoms with Crippen molar-refractivity contribution in [3.8, 4) is 0 Å². The highest BCUT2D eigenvalue weighted by atomic mass is 127. The van der Waals surface area contributed by atoms with E-state index in [1.54, 1.807) is 40.0 Å². The number of carbonyl (C=O) groups is 2. The largest absolute Gasteiger partial charge is 0.444 e. The lowest BCUT2D eigenvalue weighted by molar-refractivity contribution is 0.0528. The molecule has 0 bridgehead atoms. The first kappa shape index (κ1) is 27.5. The van der Waals surface area contributed by atoms with Crippen LogP contribution in [0.25, 0.3) is 0 Å². The van der Waals surface area contributed by atoms with E-state index in [0.717, 1.165) is 0 Å². The van der Waals surface area contributed by atoms with Gasteiger partial charge in [0, 0.05) is 38.8 Å². The van der Waals surface area contributed by atoms with Gasteiger partial charge in [-0.2, -0.15) is 0 Å². The number of benzene rings is 1. The molecule has 1 rings (SSSR count). The van der Waals surface area contributed by atoms with Crippen molar-refractivity contribution in [1.82, 2.24) is 21.3 Å². The molecule has 0 aliphatic heterocycles. The minimum absolute atomic E-state index is 0. The Balaban J connectivity index is 0.00000784. The smallest absolute Gasteiger partial charge is 0.407 e. The molecule has 2 amide bonds. The number of amides is 2. The molecular weight excluding hydrogens is 532 g/mol. The Kier molecular flexibility index (Phi) is 13.0. The zero-order chi connectivity index (χ0) is 21.2. The van der Waals surface area contributed by atoms with E-state index in [9.17, 15) is 9.59 Å². The number of nitrogens with one attached hydrogen (secondary N) is 4. The molecule has 0 unspecified atom stereocenters. The second kappa shape index (κ2) is 13.7. The van der Waals surface area contributed by atoms with Crippen LogP contribution in [0.15, 0.2) is 23.2 Å². The lowest BCUT2D eigenvalue weighted by Crippen LogP contribution is -2.44. The van der Waals surface area contributed by atoms with E-state index in [2.05, 4.69) is 26.3 Å². The van der Waals surface area contributed by atoms with E-state index in [-0.39, 0.29) is 29.9 Å². The van der Waals surface area contributed by atoms with Crippen molar-refractivity contribution >= 4 is 65.1 Å². The van der Waals surface area contributed by atoms with Crippen LogP contribution >= 0.6 is 47.2 Å². The summed E-state index contributed by atoms with van der Waals surface area (Å²) in [5, 5.41) is 12.2. The highest BCUT2D eigenvalue weighted by Crippen LogP contribution is 2.22. The van der Waals surface area contributed by atoms with Gasteiger partial charge in [-0.25, -0.2) is 4.79 Å². The van der Waals surface area contributed by atoms with Crippen LogP contribution in [0.4, 0.5) is 4.79 Å². The van der Waals surface area contributed by atoms with E-state index in [1.807, 2.05) is 0 Å². The summed E-state index contributed by atoms with van der Waals surface area (Å²) < 4.78 is 5.14. The van der Waals surface area contributed by atoms with E-state index < -0.39 is 11.7 Å². The molecular formula is C18H28Cl2IN5O3. The maximum Gasteiger partial charge on any atom is 0.407 e. The second-order valence-corrected chi connectivity index (χ2v) is 7.55. The molecule has 0 radical (unpaired) electrons. The maximum atomic E-state index is 12.1. The summed E-state index contributed by atoms with van der Waals surface area (Å²) in [7, 11) is 1.63. The minimum Gasteiger partial charge on any atom is -0.444 e. The van der Waals surface area contributed by atoms with Crippen LogP contribution in [0.5, 0.6) is 0 Å². The highest BCUT2D eigenvalue weighted by molar-refractivity contribution is 14.0. The number of nitrogens with zero attached hydrogens (tertiary/aromatic N) is 1. The van der Waals surface area contributed by atoms with E-state index in [0.29, 0.717) is 47.7 Å². The van der Waals surface area contributed by atoms with Gasteiger partial charge in [0.2, 0.25) is 0 Å². The molecule has 0 aliphatic rings. The van der Waals surface area contributed by atoms with Gasteiger partial charge in [0.05, 0.1) is 10.0 Å². The van der Waals surface area contributed by atoms with Gasteiger partial charge in [-0.05, 0) is 39.0 Å². The SMILES string of the molecule is CN=C(NCCNC(=O)OC(C)(C)C)NCCNC(=O)c1ccc(Cl)c(Cl)c1.I. The van der Waals surface area contributed by atoms with Crippen molar-refractivity contribution in [2.24, 2.45) is 4.99 Å². The Labute approximate surface area is 198 Å². The van der Waals surface area contributed by atoms with Gasteiger partial charge in [0.25, 0.3) is 5.91 Å². The predicted octanol–water partition coefficient (Wildman–Crippen LogP) is 3.03. The molecule has 0 spiro atoms. The van der Waals surface area contributed by atoms with Crippen LogP contribution < -0.4 is 21.3 Å². The molecule has 0 fully saturated rings. The van der Waals surface area contributed by atoms with Gasteiger partial charge in [-0.15, -0.1) is 24.0 Å². The molecule has 4 N–H and O–H groups in total. The van der Waals surface area contributed by atoms with Crippen LogP contribution in [0.2, 0.25) is 10.0 Å². The Morgan fingerprint density at radius 2 is 1.52 bits per heavy atom. The van der Waals surface area contributed by atoms with Crippen molar-refractivity contribution in [1.29, 1.82) is 0 Å².